The Kier molecular flexibility index (Phi) is 12.5. The van der Waals surface area contributed by atoms with Crippen molar-refractivity contribution in [1.29, 1.82) is 0 Å². The Morgan fingerprint density at radius 3 is 2.54 bits per heavy atom. The first kappa shape index (κ1) is 25.0. The standard InChI is InChI=1S/C20H31ClN4O2.HI/c1-22-20(23-9-4-3-5-14-27-2)25-12-10-24(11-13-25)19(26)16-17-7-6-8-18(21)15-17;/h6-8,15H,3-5,9-14,16H2,1-2H3,(H,22,23);1H. The van der Waals surface area contributed by atoms with Gasteiger partial charge >= 0.3 is 0 Å². The van der Waals surface area contributed by atoms with Gasteiger partial charge in [0.15, 0.2) is 5.96 Å². The summed E-state index contributed by atoms with van der Waals surface area (Å²) in [6.07, 6.45) is 3.73. The summed E-state index contributed by atoms with van der Waals surface area (Å²) in [5.74, 6) is 1.07. The molecule has 1 N–H and O–H groups in total. The summed E-state index contributed by atoms with van der Waals surface area (Å²) >= 11 is 6.00. The maximum absolute atomic E-state index is 12.5. The van der Waals surface area contributed by atoms with Crippen molar-refractivity contribution < 1.29 is 9.53 Å². The van der Waals surface area contributed by atoms with Crippen LogP contribution in [0.1, 0.15) is 24.8 Å². The molecule has 1 fully saturated rings. The third kappa shape index (κ3) is 8.53. The number of carbonyl (C=O) groups excluding carboxylic acids is 1. The van der Waals surface area contributed by atoms with Gasteiger partial charge in [-0.3, -0.25) is 9.79 Å². The fourth-order valence-corrected chi connectivity index (χ4v) is 3.39. The minimum absolute atomic E-state index is 0. The highest BCUT2D eigenvalue weighted by molar-refractivity contribution is 14.0. The SMILES string of the molecule is CN=C(NCCCCCOC)N1CCN(C(=O)Cc2cccc(Cl)c2)CC1.I. The van der Waals surface area contributed by atoms with Gasteiger partial charge in [0.2, 0.25) is 5.91 Å². The van der Waals surface area contributed by atoms with E-state index in [2.05, 4.69) is 15.2 Å². The van der Waals surface area contributed by atoms with Gasteiger partial charge in [-0.15, -0.1) is 24.0 Å². The van der Waals surface area contributed by atoms with Crippen LogP contribution < -0.4 is 5.32 Å². The number of piperazine rings is 1. The summed E-state index contributed by atoms with van der Waals surface area (Å²) in [7, 11) is 3.55. The van der Waals surface area contributed by atoms with Crippen LogP contribution in [-0.4, -0.2) is 75.2 Å². The van der Waals surface area contributed by atoms with Gasteiger partial charge in [0, 0.05) is 58.5 Å². The van der Waals surface area contributed by atoms with Crippen LogP contribution in [0.15, 0.2) is 29.3 Å². The first-order valence-corrected chi connectivity index (χ1v) is 9.98. The second-order valence-corrected chi connectivity index (χ2v) is 7.14. The van der Waals surface area contributed by atoms with Gasteiger partial charge in [-0.1, -0.05) is 23.7 Å². The lowest BCUT2D eigenvalue weighted by Crippen LogP contribution is -2.54. The summed E-state index contributed by atoms with van der Waals surface area (Å²) in [6, 6.07) is 7.50. The zero-order valence-electron chi connectivity index (χ0n) is 16.8. The summed E-state index contributed by atoms with van der Waals surface area (Å²) in [4.78, 5) is 21.1. The van der Waals surface area contributed by atoms with E-state index in [-0.39, 0.29) is 29.9 Å². The molecular formula is C20H32ClIN4O2. The van der Waals surface area contributed by atoms with Crippen molar-refractivity contribution >= 4 is 47.4 Å². The number of aliphatic imine (C=N–C) groups is 1. The molecule has 0 aliphatic carbocycles. The predicted octanol–water partition coefficient (Wildman–Crippen LogP) is 3.04. The number of nitrogens with zero attached hydrogens (tertiary/aromatic N) is 3. The molecule has 0 saturated carbocycles. The van der Waals surface area contributed by atoms with E-state index >= 15 is 0 Å². The molecule has 0 unspecified atom stereocenters. The molecule has 28 heavy (non-hydrogen) atoms. The molecule has 0 bridgehead atoms. The molecule has 6 nitrogen and oxygen atoms in total. The average molecular weight is 523 g/mol. The molecule has 0 spiro atoms. The lowest BCUT2D eigenvalue weighted by Gasteiger charge is -2.36. The Morgan fingerprint density at radius 2 is 1.89 bits per heavy atom. The summed E-state index contributed by atoms with van der Waals surface area (Å²) < 4.78 is 5.07. The van der Waals surface area contributed by atoms with E-state index < -0.39 is 0 Å². The number of methoxy groups -OCH3 is 1. The Hall–Kier alpha value is -1.06. The number of hydrogen-bond donors (Lipinski definition) is 1. The van der Waals surface area contributed by atoms with Crippen LogP contribution in [0.4, 0.5) is 0 Å². The third-order valence-electron chi connectivity index (χ3n) is 4.70. The maximum Gasteiger partial charge on any atom is 0.227 e. The normalized spacial score (nSPS) is 14.6. The van der Waals surface area contributed by atoms with Crippen LogP contribution in [0.2, 0.25) is 5.02 Å². The zero-order valence-corrected chi connectivity index (χ0v) is 19.9. The van der Waals surface area contributed by atoms with Crippen LogP contribution in [0.3, 0.4) is 0 Å². The molecular weight excluding hydrogens is 491 g/mol. The smallest absolute Gasteiger partial charge is 0.227 e. The van der Waals surface area contributed by atoms with Crippen LogP contribution >= 0.6 is 35.6 Å². The van der Waals surface area contributed by atoms with Crippen molar-refractivity contribution in [2.75, 3.05) is 53.5 Å². The number of hydrogen-bond acceptors (Lipinski definition) is 3. The topological polar surface area (TPSA) is 57.2 Å². The van der Waals surface area contributed by atoms with Crippen molar-refractivity contribution in [3.63, 3.8) is 0 Å². The molecule has 8 heteroatoms. The number of unbranched alkanes of at least 4 members (excludes halogenated alkanes) is 2. The molecule has 1 aromatic rings. The molecule has 1 aliphatic rings. The number of nitrogens with one attached hydrogen (secondary N) is 1. The number of halogens is 2. The van der Waals surface area contributed by atoms with Crippen molar-refractivity contribution in [3.05, 3.63) is 34.9 Å². The van der Waals surface area contributed by atoms with Crippen LogP contribution in [0, 0.1) is 0 Å². The lowest BCUT2D eigenvalue weighted by molar-refractivity contribution is -0.131. The maximum atomic E-state index is 12.5. The van der Waals surface area contributed by atoms with Gasteiger partial charge in [-0.05, 0) is 37.0 Å². The van der Waals surface area contributed by atoms with Crippen molar-refractivity contribution in [2.24, 2.45) is 4.99 Å². The van der Waals surface area contributed by atoms with Gasteiger partial charge in [-0.25, -0.2) is 0 Å². The molecule has 1 saturated heterocycles. The van der Waals surface area contributed by atoms with Crippen LogP contribution in [0.5, 0.6) is 0 Å². The molecule has 0 atom stereocenters. The van der Waals surface area contributed by atoms with Crippen molar-refractivity contribution in [3.8, 4) is 0 Å². The molecule has 0 radical (unpaired) electrons. The first-order valence-electron chi connectivity index (χ1n) is 9.61. The number of benzene rings is 1. The quantitative estimate of drug-likeness (QED) is 0.247. The van der Waals surface area contributed by atoms with E-state index in [1.165, 1.54) is 0 Å². The van der Waals surface area contributed by atoms with Gasteiger partial charge in [0.05, 0.1) is 6.42 Å². The minimum atomic E-state index is 0. The Bertz CT molecular complexity index is 622. The molecule has 1 heterocycles. The molecule has 1 aliphatic heterocycles. The fourth-order valence-electron chi connectivity index (χ4n) is 3.18. The second kappa shape index (κ2) is 14.0. The minimum Gasteiger partial charge on any atom is -0.385 e. The first-order chi connectivity index (χ1) is 13.1. The Morgan fingerprint density at radius 1 is 1.18 bits per heavy atom. The Balaban J connectivity index is 0.00000392. The van der Waals surface area contributed by atoms with Gasteiger partial charge in [0.1, 0.15) is 0 Å². The lowest BCUT2D eigenvalue weighted by atomic mass is 10.1. The van der Waals surface area contributed by atoms with Gasteiger partial charge < -0.3 is 19.9 Å². The van der Waals surface area contributed by atoms with Gasteiger partial charge in [-0.2, -0.15) is 0 Å². The summed E-state index contributed by atoms with van der Waals surface area (Å²) in [5, 5.41) is 4.09. The van der Waals surface area contributed by atoms with Crippen molar-refractivity contribution in [2.45, 2.75) is 25.7 Å². The average Bonchev–Trinajstić information content (AvgIpc) is 2.68. The molecule has 1 amide bonds. The predicted molar refractivity (Wildman–Crippen MR) is 126 cm³/mol. The monoisotopic (exact) mass is 522 g/mol. The number of amides is 1. The van der Waals surface area contributed by atoms with Gasteiger partial charge in [0.25, 0.3) is 0 Å². The van der Waals surface area contributed by atoms with E-state index in [0.717, 1.165) is 57.0 Å². The third-order valence-corrected chi connectivity index (χ3v) is 4.93. The highest BCUT2D eigenvalue weighted by Gasteiger charge is 2.22. The summed E-state index contributed by atoms with van der Waals surface area (Å²) in [6.45, 7) is 4.75. The van der Waals surface area contributed by atoms with E-state index in [9.17, 15) is 4.79 Å². The Labute approximate surface area is 190 Å². The van der Waals surface area contributed by atoms with Crippen LogP contribution in [0.25, 0.3) is 0 Å². The van der Waals surface area contributed by atoms with E-state index in [4.69, 9.17) is 16.3 Å². The molecule has 158 valence electrons. The van der Waals surface area contributed by atoms with E-state index in [0.29, 0.717) is 24.5 Å². The second-order valence-electron chi connectivity index (χ2n) is 6.70. The fraction of sp³-hybridized carbons (Fsp3) is 0.600. The summed E-state index contributed by atoms with van der Waals surface area (Å²) in [5.41, 5.74) is 0.959. The number of rotatable bonds is 8. The molecule has 1 aromatic carbocycles. The molecule has 0 aromatic heterocycles. The van der Waals surface area contributed by atoms with Crippen LogP contribution in [-0.2, 0) is 16.0 Å². The highest BCUT2D eigenvalue weighted by Crippen LogP contribution is 2.13. The largest absolute Gasteiger partial charge is 0.385 e. The number of guanidine groups is 1. The number of carbonyl (C=O) groups is 1. The molecule has 2 rings (SSSR count). The van der Waals surface area contributed by atoms with E-state index in [1.54, 1.807) is 7.11 Å². The van der Waals surface area contributed by atoms with E-state index in [1.807, 2.05) is 36.2 Å². The zero-order chi connectivity index (χ0) is 19.5. The number of ether oxygens (including phenoxy) is 1. The van der Waals surface area contributed by atoms with Crippen molar-refractivity contribution in [1.82, 2.24) is 15.1 Å². The highest BCUT2D eigenvalue weighted by atomic mass is 127.